The Kier molecular flexibility index (Phi) is 5.86. The highest BCUT2D eigenvalue weighted by atomic mass is 35.5. The zero-order valence-electron chi connectivity index (χ0n) is 15.1. The first-order valence-electron chi connectivity index (χ1n) is 8.59. The molecule has 1 heterocycles. The number of halogens is 1. The lowest BCUT2D eigenvalue weighted by atomic mass is 10.2. The zero-order chi connectivity index (χ0) is 19.6. The van der Waals surface area contributed by atoms with Crippen LogP contribution < -0.4 is 5.32 Å². The van der Waals surface area contributed by atoms with Gasteiger partial charge in [-0.1, -0.05) is 29.8 Å². The number of ether oxygens (including phenoxy) is 1. The van der Waals surface area contributed by atoms with Gasteiger partial charge >= 0.3 is 0 Å². The van der Waals surface area contributed by atoms with Crippen molar-refractivity contribution in [2.24, 2.45) is 0 Å². The Morgan fingerprint density at radius 3 is 2.44 bits per heavy atom. The number of nitrogens with one attached hydrogen (secondary N) is 1. The van der Waals surface area contributed by atoms with Gasteiger partial charge < -0.3 is 10.1 Å². The highest BCUT2D eigenvalue weighted by molar-refractivity contribution is 7.89. The van der Waals surface area contributed by atoms with Gasteiger partial charge in [-0.15, -0.1) is 0 Å². The third-order valence-corrected chi connectivity index (χ3v) is 6.40. The average molecular weight is 409 g/mol. The Morgan fingerprint density at radius 2 is 1.78 bits per heavy atom. The van der Waals surface area contributed by atoms with Gasteiger partial charge in [0.1, 0.15) is 0 Å². The van der Waals surface area contributed by atoms with Crippen LogP contribution in [0.25, 0.3) is 0 Å². The number of hydrogen-bond acceptors (Lipinski definition) is 4. The quantitative estimate of drug-likeness (QED) is 0.841. The fraction of sp³-hybridized carbons (Fsp3) is 0.316. The number of hydrogen-bond donors (Lipinski definition) is 1. The molecule has 8 heteroatoms. The Balaban J connectivity index is 1.84. The van der Waals surface area contributed by atoms with Crippen LogP contribution >= 0.6 is 11.6 Å². The molecule has 2 aromatic carbocycles. The van der Waals surface area contributed by atoms with Crippen LogP contribution in [-0.2, 0) is 14.8 Å². The molecule has 0 aliphatic carbocycles. The summed E-state index contributed by atoms with van der Waals surface area (Å²) in [5, 5.41) is 3.11. The molecule has 1 N–H and O–H groups in total. The van der Waals surface area contributed by atoms with Crippen molar-refractivity contribution < 1.29 is 17.9 Å². The summed E-state index contributed by atoms with van der Waals surface area (Å²) in [5.74, 6) is -0.427. The smallest absolute Gasteiger partial charge is 0.255 e. The predicted octanol–water partition coefficient (Wildman–Crippen LogP) is 3.39. The van der Waals surface area contributed by atoms with Crippen LogP contribution in [0.5, 0.6) is 0 Å². The first-order chi connectivity index (χ1) is 12.8. The van der Waals surface area contributed by atoms with Gasteiger partial charge in [0.2, 0.25) is 10.0 Å². The summed E-state index contributed by atoms with van der Waals surface area (Å²) < 4.78 is 33.0. The minimum atomic E-state index is -3.72. The Morgan fingerprint density at radius 1 is 1.11 bits per heavy atom. The van der Waals surface area contributed by atoms with Crippen LogP contribution in [0.2, 0.25) is 5.02 Å². The maximum Gasteiger partial charge on any atom is 0.255 e. The van der Waals surface area contributed by atoms with Crippen LogP contribution in [-0.4, -0.2) is 43.9 Å². The third-order valence-electron chi connectivity index (χ3n) is 4.24. The van der Waals surface area contributed by atoms with E-state index in [0.717, 1.165) is 0 Å². The van der Waals surface area contributed by atoms with Crippen LogP contribution in [0.3, 0.4) is 0 Å². The van der Waals surface area contributed by atoms with Crippen LogP contribution in [0.15, 0.2) is 53.4 Å². The van der Waals surface area contributed by atoms with Gasteiger partial charge in [-0.05, 0) is 44.2 Å². The van der Waals surface area contributed by atoms with E-state index in [0.29, 0.717) is 10.7 Å². The summed E-state index contributed by atoms with van der Waals surface area (Å²) in [4.78, 5) is 12.6. The third kappa shape index (κ3) is 4.50. The number of amides is 1. The van der Waals surface area contributed by atoms with Crippen molar-refractivity contribution in [3.8, 4) is 0 Å². The van der Waals surface area contributed by atoms with Crippen LogP contribution in [0, 0.1) is 0 Å². The molecule has 0 bridgehead atoms. The number of para-hydroxylation sites is 1. The number of anilines is 1. The lowest BCUT2D eigenvalue weighted by Gasteiger charge is -2.34. The van der Waals surface area contributed by atoms with E-state index in [4.69, 9.17) is 16.3 Å². The second-order valence-corrected chi connectivity index (χ2v) is 8.89. The molecule has 0 radical (unpaired) electrons. The maximum absolute atomic E-state index is 13.0. The van der Waals surface area contributed by atoms with Crippen molar-refractivity contribution in [2.75, 3.05) is 18.4 Å². The second kappa shape index (κ2) is 7.98. The summed E-state index contributed by atoms with van der Waals surface area (Å²) >= 11 is 6.06. The molecule has 1 fully saturated rings. The van der Waals surface area contributed by atoms with Gasteiger partial charge in [0.05, 0.1) is 27.8 Å². The molecule has 1 saturated heterocycles. The summed E-state index contributed by atoms with van der Waals surface area (Å²) in [6.45, 7) is 4.24. The average Bonchev–Trinajstić information content (AvgIpc) is 2.63. The number of nitrogens with zero attached hydrogens (tertiary/aromatic N) is 1. The number of rotatable bonds is 4. The normalized spacial score (nSPS) is 21.0. The lowest BCUT2D eigenvalue weighted by Crippen LogP contribution is -2.48. The van der Waals surface area contributed by atoms with Crippen LogP contribution in [0.4, 0.5) is 5.69 Å². The molecule has 0 saturated carbocycles. The van der Waals surface area contributed by atoms with E-state index >= 15 is 0 Å². The molecule has 0 aromatic heterocycles. The van der Waals surface area contributed by atoms with E-state index in [2.05, 4.69) is 5.32 Å². The fourth-order valence-corrected chi connectivity index (χ4v) is 4.85. The van der Waals surface area contributed by atoms with E-state index in [9.17, 15) is 13.2 Å². The predicted molar refractivity (Wildman–Crippen MR) is 105 cm³/mol. The van der Waals surface area contributed by atoms with Gasteiger partial charge in [-0.3, -0.25) is 4.79 Å². The van der Waals surface area contributed by atoms with Crippen molar-refractivity contribution >= 4 is 33.2 Å². The number of benzene rings is 2. The van der Waals surface area contributed by atoms with Crippen molar-refractivity contribution in [3.63, 3.8) is 0 Å². The molecule has 0 spiro atoms. The molecule has 2 aromatic rings. The van der Waals surface area contributed by atoms with Crippen molar-refractivity contribution in [2.45, 2.75) is 31.0 Å². The molecular formula is C19H21ClN2O4S. The minimum Gasteiger partial charge on any atom is -0.373 e. The van der Waals surface area contributed by atoms with E-state index in [-0.39, 0.29) is 35.8 Å². The minimum absolute atomic E-state index is 0.0793. The topological polar surface area (TPSA) is 75.7 Å². The van der Waals surface area contributed by atoms with E-state index in [1.807, 2.05) is 13.8 Å². The number of carbonyl (C=O) groups is 1. The summed E-state index contributed by atoms with van der Waals surface area (Å²) in [6.07, 6.45) is -0.370. The van der Waals surface area contributed by atoms with Gasteiger partial charge in [-0.2, -0.15) is 4.31 Å². The van der Waals surface area contributed by atoms with Crippen LogP contribution in [0.1, 0.15) is 24.2 Å². The van der Waals surface area contributed by atoms with E-state index in [1.54, 1.807) is 36.4 Å². The molecule has 144 valence electrons. The van der Waals surface area contributed by atoms with Crippen molar-refractivity contribution in [3.05, 3.63) is 59.1 Å². The van der Waals surface area contributed by atoms with Gasteiger partial charge in [0.15, 0.2) is 0 Å². The molecule has 1 aliphatic heterocycles. The molecule has 27 heavy (non-hydrogen) atoms. The number of sulfonamides is 1. The molecule has 3 rings (SSSR count). The number of carbonyl (C=O) groups excluding carboxylic acids is 1. The SMILES string of the molecule is CC1CN(S(=O)(=O)c2cccc(C(=O)Nc3ccccc3Cl)c2)CC(C)O1. The fourth-order valence-electron chi connectivity index (χ4n) is 3.03. The molecule has 2 atom stereocenters. The Labute approximate surface area is 164 Å². The number of morpholine rings is 1. The van der Waals surface area contributed by atoms with E-state index in [1.165, 1.54) is 16.4 Å². The molecule has 1 aliphatic rings. The second-order valence-electron chi connectivity index (χ2n) is 6.54. The molecule has 2 unspecified atom stereocenters. The summed E-state index contributed by atoms with van der Waals surface area (Å²) in [7, 11) is -3.72. The van der Waals surface area contributed by atoms with Gasteiger partial charge in [-0.25, -0.2) is 8.42 Å². The largest absolute Gasteiger partial charge is 0.373 e. The van der Waals surface area contributed by atoms with Crippen molar-refractivity contribution in [1.82, 2.24) is 4.31 Å². The standard InChI is InChI=1S/C19H21ClN2O4S/c1-13-11-22(12-14(2)26-13)27(24,25)16-7-5-6-15(10-16)19(23)21-18-9-4-3-8-17(18)20/h3-10,13-14H,11-12H2,1-2H3,(H,21,23). The first-order valence-corrected chi connectivity index (χ1v) is 10.4. The van der Waals surface area contributed by atoms with Crippen molar-refractivity contribution in [1.29, 1.82) is 0 Å². The van der Waals surface area contributed by atoms with Gasteiger partial charge in [0, 0.05) is 18.7 Å². The summed E-state index contributed by atoms with van der Waals surface area (Å²) in [6, 6.07) is 12.9. The molecule has 1 amide bonds. The highest BCUT2D eigenvalue weighted by Crippen LogP contribution is 2.24. The Hall–Kier alpha value is -1.93. The zero-order valence-corrected chi connectivity index (χ0v) is 16.6. The summed E-state index contributed by atoms with van der Waals surface area (Å²) in [5.41, 5.74) is 0.707. The first kappa shape index (κ1) is 19.8. The Bertz CT molecular complexity index is 938. The lowest BCUT2D eigenvalue weighted by molar-refractivity contribution is -0.0440. The van der Waals surface area contributed by atoms with Gasteiger partial charge in [0.25, 0.3) is 5.91 Å². The monoisotopic (exact) mass is 408 g/mol. The molecule has 6 nitrogen and oxygen atoms in total. The maximum atomic E-state index is 13.0. The van der Waals surface area contributed by atoms with E-state index < -0.39 is 15.9 Å². The molecular weight excluding hydrogens is 388 g/mol. The highest BCUT2D eigenvalue weighted by Gasteiger charge is 2.32.